The van der Waals surface area contributed by atoms with Gasteiger partial charge >= 0.3 is 6.18 Å². The number of aliphatic hydroxyl groups excluding tert-OH is 1. The molecule has 3 atom stereocenters. The molecule has 3 rings (SSSR count). The number of alkyl halides is 3. The minimum Gasteiger partial charge on any atom is -0.396 e. The van der Waals surface area contributed by atoms with Crippen LogP contribution in [0, 0.1) is 11.8 Å². The largest absolute Gasteiger partial charge is 0.416 e. The molecule has 27 heavy (non-hydrogen) atoms. The lowest BCUT2D eigenvalue weighted by atomic mass is 9.98. The molecule has 0 spiro atoms. The van der Waals surface area contributed by atoms with Crippen LogP contribution in [0.4, 0.5) is 13.2 Å². The highest BCUT2D eigenvalue weighted by atomic mass is 32.2. The summed E-state index contributed by atoms with van der Waals surface area (Å²) in [4.78, 5) is 1.94. The van der Waals surface area contributed by atoms with Crippen LogP contribution in [-0.2, 0) is 16.2 Å². The first kappa shape index (κ1) is 20.6. The molecule has 1 saturated carbocycles. The van der Waals surface area contributed by atoms with E-state index in [1.165, 1.54) is 6.07 Å². The molecule has 2 fully saturated rings. The van der Waals surface area contributed by atoms with E-state index in [0.717, 1.165) is 51.0 Å². The summed E-state index contributed by atoms with van der Waals surface area (Å²) < 4.78 is 66.5. The van der Waals surface area contributed by atoms with E-state index < -0.39 is 21.8 Å². The third-order valence-electron chi connectivity index (χ3n) is 5.59. The highest BCUT2D eigenvalue weighted by molar-refractivity contribution is 7.89. The van der Waals surface area contributed by atoms with Crippen molar-refractivity contribution in [3.8, 4) is 0 Å². The van der Waals surface area contributed by atoms with Gasteiger partial charge in [-0.25, -0.2) is 13.1 Å². The summed E-state index contributed by atoms with van der Waals surface area (Å²) in [5, 5.41) is 8.88. The molecule has 152 valence electrons. The van der Waals surface area contributed by atoms with E-state index in [4.69, 9.17) is 5.11 Å². The maximum Gasteiger partial charge on any atom is 0.416 e. The number of aliphatic hydroxyl groups is 1. The molecule has 0 unspecified atom stereocenters. The number of hydrogen-bond donors (Lipinski definition) is 2. The zero-order valence-electron chi connectivity index (χ0n) is 15.0. The van der Waals surface area contributed by atoms with Crippen molar-refractivity contribution in [1.82, 2.24) is 9.62 Å². The summed E-state index contributed by atoms with van der Waals surface area (Å²) in [6.07, 6.45) is -1.31. The number of benzene rings is 1. The van der Waals surface area contributed by atoms with Gasteiger partial charge < -0.3 is 10.0 Å². The van der Waals surface area contributed by atoms with E-state index in [1.807, 2.05) is 0 Å². The van der Waals surface area contributed by atoms with Crippen LogP contribution >= 0.6 is 0 Å². The van der Waals surface area contributed by atoms with E-state index in [-0.39, 0.29) is 23.5 Å². The highest BCUT2D eigenvalue weighted by Gasteiger charge is 2.44. The van der Waals surface area contributed by atoms with Crippen LogP contribution in [0.3, 0.4) is 0 Å². The highest BCUT2D eigenvalue weighted by Crippen LogP contribution is 2.39. The summed E-state index contributed by atoms with van der Waals surface area (Å²) in [7, 11) is -4.01. The van der Waals surface area contributed by atoms with E-state index in [9.17, 15) is 21.6 Å². The molecule has 1 aromatic carbocycles. The summed E-state index contributed by atoms with van der Waals surface area (Å²) in [6, 6.07) is 3.61. The third kappa shape index (κ3) is 4.82. The van der Waals surface area contributed by atoms with Crippen molar-refractivity contribution in [2.24, 2.45) is 11.8 Å². The number of rotatable bonds is 7. The molecule has 1 heterocycles. The molecule has 1 saturated heterocycles. The summed E-state index contributed by atoms with van der Waals surface area (Å²) in [6.45, 7) is 2.74. The number of nitrogens with one attached hydrogen (secondary N) is 1. The number of fused-ring (bicyclic) bond motifs is 1. The van der Waals surface area contributed by atoms with Gasteiger partial charge in [-0.2, -0.15) is 13.2 Å². The number of likely N-dealkylation sites (tertiary alicyclic amines) is 1. The lowest BCUT2D eigenvalue weighted by Gasteiger charge is -2.22. The Morgan fingerprint density at radius 3 is 2.67 bits per heavy atom. The normalized spacial score (nSPS) is 26.4. The summed E-state index contributed by atoms with van der Waals surface area (Å²) in [5.41, 5.74) is -0.967. The van der Waals surface area contributed by atoms with Gasteiger partial charge in [0.2, 0.25) is 10.0 Å². The second-order valence-corrected chi connectivity index (χ2v) is 9.16. The van der Waals surface area contributed by atoms with Crippen LogP contribution < -0.4 is 4.72 Å². The molecule has 9 heteroatoms. The van der Waals surface area contributed by atoms with Gasteiger partial charge in [-0.05, 0) is 62.3 Å². The van der Waals surface area contributed by atoms with E-state index in [1.54, 1.807) is 0 Å². The van der Waals surface area contributed by atoms with Crippen molar-refractivity contribution in [3.63, 3.8) is 0 Å². The fourth-order valence-electron chi connectivity index (χ4n) is 4.24. The molecule has 0 bridgehead atoms. The number of hydrogen-bond acceptors (Lipinski definition) is 4. The first-order valence-electron chi connectivity index (χ1n) is 9.23. The van der Waals surface area contributed by atoms with Gasteiger partial charge in [-0.3, -0.25) is 0 Å². The van der Waals surface area contributed by atoms with Crippen LogP contribution in [0.25, 0.3) is 0 Å². The minimum atomic E-state index is -4.58. The standard InChI is InChI=1S/C18H25F3N2O3S/c19-18(20,21)14-4-3-5-15(10-14)27(25,26)22-17-7-6-13-11-23(12-16(13)17)8-1-2-9-24/h3-5,10,13,16-17,22,24H,1-2,6-9,11-12H2/t13-,16+,17-/m0/s1. The smallest absolute Gasteiger partial charge is 0.396 e. The number of sulfonamides is 1. The van der Waals surface area contributed by atoms with Gasteiger partial charge in [0.1, 0.15) is 0 Å². The third-order valence-corrected chi connectivity index (χ3v) is 7.08. The Kier molecular flexibility index (Phi) is 6.14. The predicted molar refractivity (Wildman–Crippen MR) is 94.5 cm³/mol. The van der Waals surface area contributed by atoms with Gasteiger partial charge in [-0.1, -0.05) is 6.07 Å². The average molecular weight is 406 g/mol. The van der Waals surface area contributed by atoms with Gasteiger partial charge in [-0.15, -0.1) is 0 Å². The van der Waals surface area contributed by atoms with Gasteiger partial charge in [0.15, 0.2) is 0 Å². The van der Waals surface area contributed by atoms with Gasteiger partial charge in [0.25, 0.3) is 0 Å². The molecule has 2 aliphatic rings. The molecule has 0 radical (unpaired) electrons. The summed E-state index contributed by atoms with van der Waals surface area (Å²) >= 11 is 0. The average Bonchev–Trinajstić information content (AvgIpc) is 3.16. The van der Waals surface area contributed by atoms with E-state index >= 15 is 0 Å². The predicted octanol–water partition coefficient (Wildman–Crippen LogP) is 2.47. The Bertz CT molecular complexity index is 754. The number of unbranched alkanes of at least 4 members (excludes halogenated alkanes) is 1. The summed E-state index contributed by atoms with van der Waals surface area (Å²) in [5.74, 6) is 0.591. The second kappa shape index (κ2) is 8.06. The monoisotopic (exact) mass is 406 g/mol. The Morgan fingerprint density at radius 2 is 1.96 bits per heavy atom. The van der Waals surface area contributed by atoms with Crippen molar-refractivity contribution in [3.05, 3.63) is 29.8 Å². The van der Waals surface area contributed by atoms with Crippen molar-refractivity contribution >= 4 is 10.0 Å². The maximum atomic E-state index is 12.9. The fraction of sp³-hybridized carbons (Fsp3) is 0.667. The Morgan fingerprint density at radius 1 is 1.19 bits per heavy atom. The zero-order chi connectivity index (χ0) is 19.7. The number of halogens is 3. The van der Waals surface area contributed by atoms with Crippen molar-refractivity contribution in [1.29, 1.82) is 0 Å². The lowest BCUT2D eigenvalue weighted by molar-refractivity contribution is -0.137. The maximum absolute atomic E-state index is 12.9. The first-order valence-corrected chi connectivity index (χ1v) is 10.7. The molecule has 0 amide bonds. The van der Waals surface area contributed by atoms with Crippen LogP contribution in [0.15, 0.2) is 29.2 Å². The van der Waals surface area contributed by atoms with Crippen molar-refractivity contribution in [2.75, 3.05) is 26.2 Å². The molecular weight excluding hydrogens is 381 g/mol. The Hall–Kier alpha value is -1.16. The van der Waals surface area contributed by atoms with Gasteiger partial charge in [0.05, 0.1) is 10.5 Å². The van der Waals surface area contributed by atoms with Crippen LogP contribution in [-0.4, -0.2) is 50.7 Å². The van der Waals surface area contributed by atoms with Gasteiger partial charge in [0, 0.05) is 25.7 Å². The molecule has 1 aromatic rings. The second-order valence-electron chi connectivity index (χ2n) is 7.44. The molecule has 1 aliphatic heterocycles. The topological polar surface area (TPSA) is 69.6 Å². The molecule has 5 nitrogen and oxygen atoms in total. The van der Waals surface area contributed by atoms with Crippen molar-refractivity contribution < 1.29 is 26.7 Å². The van der Waals surface area contributed by atoms with E-state index in [0.29, 0.717) is 18.4 Å². The Balaban J connectivity index is 1.66. The number of nitrogens with zero attached hydrogens (tertiary/aromatic N) is 1. The quantitative estimate of drug-likeness (QED) is 0.683. The lowest BCUT2D eigenvalue weighted by Crippen LogP contribution is -2.39. The molecule has 1 aliphatic carbocycles. The first-order chi connectivity index (χ1) is 12.7. The van der Waals surface area contributed by atoms with Crippen LogP contribution in [0.1, 0.15) is 31.2 Å². The fourth-order valence-corrected chi connectivity index (χ4v) is 5.61. The Labute approximate surface area is 157 Å². The molecule has 0 aromatic heterocycles. The van der Waals surface area contributed by atoms with E-state index in [2.05, 4.69) is 9.62 Å². The molecule has 2 N–H and O–H groups in total. The van der Waals surface area contributed by atoms with Crippen molar-refractivity contribution in [2.45, 2.75) is 42.8 Å². The SMILES string of the molecule is O=S(=O)(N[C@H]1CC[C@H]2CN(CCCCO)C[C@H]21)c1cccc(C(F)(F)F)c1. The minimum absolute atomic E-state index is 0.167. The zero-order valence-corrected chi connectivity index (χ0v) is 15.8. The molecular formula is C18H25F3N2O3S. The van der Waals surface area contributed by atoms with Crippen LogP contribution in [0.2, 0.25) is 0 Å². The van der Waals surface area contributed by atoms with Crippen LogP contribution in [0.5, 0.6) is 0 Å².